The quantitative estimate of drug-likeness (QED) is 0.196. The van der Waals surface area contributed by atoms with Crippen LogP contribution in [0.1, 0.15) is 62.4 Å². The number of amides is 1. The van der Waals surface area contributed by atoms with Gasteiger partial charge in [-0.25, -0.2) is 8.78 Å². The molecule has 0 unspecified atom stereocenters. The molecule has 0 aliphatic heterocycles. The highest BCUT2D eigenvalue weighted by molar-refractivity contribution is 5.82. The lowest BCUT2D eigenvalue weighted by Gasteiger charge is -2.30. The number of aliphatic hydroxyl groups is 1. The average Bonchev–Trinajstić information content (AvgIpc) is 2.94. The zero-order chi connectivity index (χ0) is 33.6. The number of rotatable bonds is 12. The second-order valence-electron chi connectivity index (χ2n) is 12.2. The molecule has 0 saturated heterocycles. The maximum absolute atomic E-state index is 14.7. The van der Waals surface area contributed by atoms with Gasteiger partial charge >= 0.3 is 6.18 Å². The molecule has 6 nitrogen and oxygen atoms in total. The molecular weight excluding hydrogens is 591 g/mol. The molecule has 45 heavy (non-hydrogen) atoms. The van der Waals surface area contributed by atoms with E-state index < -0.39 is 53.7 Å². The van der Waals surface area contributed by atoms with Gasteiger partial charge in [0, 0.05) is 19.3 Å². The van der Waals surface area contributed by atoms with E-state index in [9.17, 15) is 37.1 Å². The van der Waals surface area contributed by atoms with Crippen LogP contribution in [0.15, 0.2) is 66.7 Å². The number of hydrogen-bond donors (Lipinski definition) is 3. The summed E-state index contributed by atoms with van der Waals surface area (Å²) in [7, 11) is 0. The molecule has 1 amide bonds. The molecule has 0 spiro atoms. The number of nitrogens with one attached hydrogen (secondary N) is 2. The Morgan fingerprint density at radius 1 is 0.911 bits per heavy atom. The van der Waals surface area contributed by atoms with E-state index in [0.717, 1.165) is 31.0 Å². The van der Waals surface area contributed by atoms with Crippen molar-refractivity contribution >= 4 is 5.91 Å². The highest BCUT2D eigenvalue weighted by Crippen LogP contribution is 2.35. The summed E-state index contributed by atoms with van der Waals surface area (Å²) < 4.78 is 72.2. The highest BCUT2D eigenvalue weighted by Gasteiger charge is 2.44. The summed E-state index contributed by atoms with van der Waals surface area (Å²) in [4.78, 5) is 13.2. The van der Waals surface area contributed by atoms with Crippen LogP contribution in [0.25, 0.3) is 11.1 Å². The Hall–Kier alpha value is -4.32. The molecule has 3 rings (SSSR count). The number of nitriles is 2. The van der Waals surface area contributed by atoms with E-state index >= 15 is 0 Å². The first kappa shape index (κ1) is 35.2. The van der Waals surface area contributed by atoms with Crippen molar-refractivity contribution in [1.29, 1.82) is 10.5 Å². The summed E-state index contributed by atoms with van der Waals surface area (Å²) in [5.41, 5.74) is -0.830. The first-order valence-electron chi connectivity index (χ1n) is 14.2. The molecule has 0 fully saturated rings. The molecule has 0 heterocycles. The van der Waals surface area contributed by atoms with Crippen LogP contribution < -0.4 is 10.6 Å². The minimum atomic E-state index is -4.88. The smallest absolute Gasteiger partial charge is 0.390 e. The lowest BCUT2D eigenvalue weighted by Crippen LogP contribution is -2.53. The maximum Gasteiger partial charge on any atom is 0.407 e. The normalized spacial score (nSPS) is 14.1. The van der Waals surface area contributed by atoms with Crippen LogP contribution in [-0.4, -0.2) is 40.5 Å². The first-order chi connectivity index (χ1) is 20.9. The Morgan fingerprint density at radius 2 is 1.49 bits per heavy atom. The van der Waals surface area contributed by atoms with E-state index in [1.165, 1.54) is 36.4 Å². The Balaban J connectivity index is 1.83. The van der Waals surface area contributed by atoms with Crippen molar-refractivity contribution in [3.05, 3.63) is 94.8 Å². The van der Waals surface area contributed by atoms with Gasteiger partial charge in [0.2, 0.25) is 5.91 Å². The number of hydrogen-bond acceptors (Lipinski definition) is 5. The fraction of sp³-hybridized carbons (Fsp3) is 0.382. The van der Waals surface area contributed by atoms with Crippen molar-refractivity contribution in [3.63, 3.8) is 0 Å². The van der Waals surface area contributed by atoms with Gasteiger partial charge < -0.3 is 10.4 Å². The van der Waals surface area contributed by atoms with Crippen LogP contribution >= 0.6 is 0 Å². The Morgan fingerprint density at radius 3 is 1.96 bits per heavy atom. The molecule has 0 saturated carbocycles. The van der Waals surface area contributed by atoms with E-state index in [1.807, 2.05) is 12.1 Å². The predicted octanol–water partition coefficient (Wildman–Crippen LogP) is 6.63. The van der Waals surface area contributed by atoms with Gasteiger partial charge in [-0.15, -0.1) is 0 Å². The van der Waals surface area contributed by atoms with Crippen molar-refractivity contribution in [2.45, 2.75) is 82.5 Å². The molecule has 0 radical (unpaired) electrons. The molecule has 0 aliphatic carbocycles. The van der Waals surface area contributed by atoms with E-state index in [2.05, 4.69) is 10.6 Å². The summed E-state index contributed by atoms with van der Waals surface area (Å²) in [6.45, 7) is 5.61. The fourth-order valence-electron chi connectivity index (χ4n) is 4.88. The number of halogens is 5. The number of nitrogens with zero attached hydrogens (tertiary/aromatic N) is 2. The second kappa shape index (κ2) is 14.2. The zero-order valence-electron chi connectivity index (χ0n) is 25.3. The molecule has 0 bridgehead atoms. The van der Waals surface area contributed by atoms with Gasteiger partial charge in [0.25, 0.3) is 0 Å². The lowest BCUT2D eigenvalue weighted by molar-refractivity contribution is -0.161. The van der Waals surface area contributed by atoms with Crippen LogP contribution in [0.3, 0.4) is 0 Å². The SMILES string of the molecule is CC(C)(O)Cc1ccc(-c2ccc([C@H](N[C@@H](CC(C)(C)F)C(=O)N[C@H](C#N)Cc3ccc(C#N)cc3F)C(F)(F)F)cc2)cc1. The molecule has 3 aromatic rings. The topological polar surface area (TPSA) is 109 Å². The van der Waals surface area contributed by atoms with Crippen LogP contribution in [-0.2, 0) is 17.6 Å². The minimum absolute atomic E-state index is 0.0105. The molecule has 238 valence electrons. The number of carbonyl (C=O) groups excluding carboxylic acids is 1. The van der Waals surface area contributed by atoms with Gasteiger partial charge in [-0.05, 0) is 67.6 Å². The molecular formula is C34H35F5N4O2. The van der Waals surface area contributed by atoms with Gasteiger partial charge in [-0.2, -0.15) is 23.7 Å². The summed E-state index contributed by atoms with van der Waals surface area (Å²) in [6, 6.07) is 14.5. The fourth-order valence-corrected chi connectivity index (χ4v) is 4.88. The van der Waals surface area contributed by atoms with Crippen molar-refractivity contribution in [2.24, 2.45) is 0 Å². The van der Waals surface area contributed by atoms with Gasteiger partial charge in [-0.3, -0.25) is 10.1 Å². The molecule has 0 aliphatic rings. The van der Waals surface area contributed by atoms with Gasteiger partial charge in [-0.1, -0.05) is 54.6 Å². The molecule has 0 aromatic heterocycles. The predicted molar refractivity (Wildman–Crippen MR) is 160 cm³/mol. The van der Waals surface area contributed by atoms with Crippen molar-refractivity contribution in [3.8, 4) is 23.3 Å². The molecule has 11 heteroatoms. The summed E-state index contributed by atoms with van der Waals surface area (Å²) in [5, 5.41) is 33.1. The van der Waals surface area contributed by atoms with Crippen LogP contribution in [0.2, 0.25) is 0 Å². The molecule has 3 atom stereocenters. The molecule has 3 aromatic carbocycles. The second-order valence-corrected chi connectivity index (χ2v) is 12.2. The maximum atomic E-state index is 14.7. The zero-order valence-corrected chi connectivity index (χ0v) is 25.3. The summed E-state index contributed by atoms with van der Waals surface area (Å²) in [5.74, 6) is -1.84. The van der Waals surface area contributed by atoms with Crippen molar-refractivity contribution < 1.29 is 31.9 Å². The number of carbonyl (C=O) groups is 1. The first-order valence-corrected chi connectivity index (χ1v) is 14.2. The van der Waals surface area contributed by atoms with Crippen LogP contribution in [0, 0.1) is 28.5 Å². The summed E-state index contributed by atoms with van der Waals surface area (Å²) in [6.07, 6.45) is -5.42. The highest BCUT2D eigenvalue weighted by atomic mass is 19.4. The Labute approximate surface area is 259 Å². The van der Waals surface area contributed by atoms with Crippen molar-refractivity contribution in [2.75, 3.05) is 0 Å². The molecule has 3 N–H and O–H groups in total. The minimum Gasteiger partial charge on any atom is -0.390 e. The van der Waals surface area contributed by atoms with Crippen LogP contribution in [0.5, 0.6) is 0 Å². The average molecular weight is 627 g/mol. The third-order valence-corrected chi connectivity index (χ3v) is 6.95. The van der Waals surface area contributed by atoms with E-state index in [4.69, 9.17) is 5.26 Å². The monoisotopic (exact) mass is 626 g/mol. The third kappa shape index (κ3) is 10.7. The van der Waals surface area contributed by atoms with Crippen molar-refractivity contribution in [1.82, 2.24) is 10.6 Å². The van der Waals surface area contributed by atoms with Gasteiger partial charge in [0.15, 0.2) is 0 Å². The van der Waals surface area contributed by atoms with Crippen LogP contribution in [0.4, 0.5) is 22.0 Å². The number of benzene rings is 3. The Kier molecular flexibility index (Phi) is 11.1. The third-order valence-electron chi connectivity index (χ3n) is 6.95. The van der Waals surface area contributed by atoms with Gasteiger partial charge in [0.1, 0.15) is 23.6 Å². The Bertz CT molecular complexity index is 1540. The number of alkyl halides is 4. The summed E-state index contributed by atoms with van der Waals surface area (Å²) >= 11 is 0. The van der Waals surface area contributed by atoms with Gasteiger partial charge in [0.05, 0.1) is 29.3 Å². The largest absolute Gasteiger partial charge is 0.407 e. The van der Waals surface area contributed by atoms with E-state index in [1.54, 1.807) is 38.1 Å². The lowest BCUT2D eigenvalue weighted by atomic mass is 9.95. The van der Waals surface area contributed by atoms with E-state index in [-0.39, 0.29) is 23.1 Å². The standard InChI is InChI=1S/C34H35F5N4O2/c1-32(2,36)18-29(31(44)42-27(20-41)16-26-10-7-22(19-40)15-28(26)35)43-30(34(37,38)39)25-13-11-24(12-14-25)23-8-5-21(6-9-23)17-33(3,4)45/h5-15,27,29-30,43,45H,16-18H2,1-4H3,(H,42,44)/t27-,29-,30-/m0/s1. The van der Waals surface area contributed by atoms with E-state index in [0.29, 0.717) is 12.0 Å².